The zero-order valence-corrected chi connectivity index (χ0v) is 13.9. The maximum absolute atomic E-state index is 13.6. The zero-order chi connectivity index (χ0) is 18.4. The molecule has 0 aromatic heterocycles. The Morgan fingerprint density at radius 1 is 1.08 bits per heavy atom. The number of para-hydroxylation sites is 1. The number of carbonyl (C=O) groups is 2. The van der Waals surface area contributed by atoms with Gasteiger partial charge in [0.25, 0.3) is 0 Å². The zero-order valence-electron chi connectivity index (χ0n) is 13.9. The summed E-state index contributed by atoms with van der Waals surface area (Å²) in [5, 5.41) is 5.04. The van der Waals surface area contributed by atoms with Crippen LogP contribution in [-0.4, -0.2) is 36.3 Å². The first-order valence-electron chi connectivity index (χ1n) is 7.68. The first-order valence-corrected chi connectivity index (χ1v) is 7.68. The minimum Gasteiger partial charge on any atom is -0.325 e. The third kappa shape index (κ3) is 5.36. The fourth-order valence-electron chi connectivity index (χ4n) is 2.13. The van der Waals surface area contributed by atoms with E-state index in [2.05, 4.69) is 10.6 Å². The molecule has 0 heterocycles. The molecule has 0 aliphatic heterocycles. The van der Waals surface area contributed by atoms with Crippen LogP contribution in [0.25, 0.3) is 0 Å². The number of nitrogens with zero attached hydrogens (tertiary/aromatic N) is 1. The van der Waals surface area contributed by atoms with E-state index in [1.165, 1.54) is 41.3 Å². The summed E-state index contributed by atoms with van der Waals surface area (Å²) in [4.78, 5) is 25.7. The van der Waals surface area contributed by atoms with Crippen LogP contribution in [0, 0.1) is 11.6 Å². The molecule has 0 saturated heterocycles. The average Bonchev–Trinajstić information content (AvgIpc) is 2.56. The lowest BCUT2D eigenvalue weighted by Gasteiger charge is -2.23. The van der Waals surface area contributed by atoms with Crippen LogP contribution >= 0.6 is 0 Å². The predicted molar refractivity (Wildman–Crippen MR) is 92.2 cm³/mol. The highest BCUT2D eigenvalue weighted by Gasteiger charge is 2.21. The van der Waals surface area contributed by atoms with Gasteiger partial charge in [-0.25, -0.2) is 8.78 Å². The number of amides is 2. The van der Waals surface area contributed by atoms with Crippen molar-refractivity contribution in [2.45, 2.75) is 13.0 Å². The third-order valence-corrected chi connectivity index (χ3v) is 3.67. The molecule has 1 atom stereocenters. The summed E-state index contributed by atoms with van der Waals surface area (Å²) < 4.78 is 26.7. The molecule has 5 nitrogen and oxygen atoms in total. The van der Waals surface area contributed by atoms with Crippen molar-refractivity contribution < 1.29 is 18.4 Å². The Kier molecular flexibility index (Phi) is 6.19. The maximum atomic E-state index is 13.6. The smallest absolute Gasteiger partial charge is 0.241 e. The number of hydrogen-bond donors (Lipinski definition) is 2. The summed E-state index contributed by atoms with van der Waals surface area (Å²) in [6.07, 6.45) is 0. The van der Waals surface area contributed by atoms with Crippen LogP contribution in [0.5, 0.6) is 0 Å². The minimum absolute atomic E-state index is 0.0805. The molecule has 0 saturated carbocycles. The molecule has 0 radical (unpaired) electrons. The highest BCUT2D eigenvalue weighted by atomic mass is 19.1. The van der Waals surface area contributed by atoms with Crippen LogP contribution in [0.15, 0.2) is 48.5 Å². The Balaban J connectivity index is 1.90. The summed E-state index contributed by atoms with van der Waals surface area (Å²) in [6, 6.07) is 10.7. The van der Waals surface area contributed by atoms with E-state index >= 15 is 0 Å². The fourth-order valence-corrected chi connectivity index (χ4v) is 2.13. The van der Waals surface area contributed by atoms with Crippen LogP contribution in [0.4, 0.5) is 20.2 Å². The molecule has 0 bridgehead atoms. The maximum Gasteiger partial charge on any atom is 0.241 e. The molecule has 0 aliphatic rings. The van der Waals surface area contributed by atoms with Gasteiger partial charge < -0.3 is 10.6 Å². The van der Waals surface area contributed by atoms with Crippen LogP contribution < -0.4 is 10.6 Å². The van der Waals surface area contributed by atoms with E-state index in [0.717, 1.165) is 0 Å². The Morgan fingerprint density at radius 3 is 2.48 bits per heavy atom. The van der Waals surface area contributed by atoms with Gasteiger partial charge in [0.05, 0.1) is 18.3 Å². The number of hydrogen-bond acceptors (Lipinski definition) is 3. The number of benzene rings is 2. The van der Waals surface area contributed by atoms with Gasteiger partial charge in [0.1, 0.15) is 11.6 Å². The molecule has 2 aromatic rings. The largest absolute Gasteiger partial charge is 0.325 e. The van der Waals surface area contributed by atoms with E-state index in [9.17, 15) is 18.4 Å². The van der Waals surface area contributed by atoms with Crippen molar-refractivity contribution in [3.8, 4) is 0 Å². The monoisotopic (exact) mass is 347 g/mol. The van der Waals surface area contributed by atoms with E-state index in [-0.39, 0.29) is 12.2 Å². The molecule has 2 rings (SSSR count). The molecule has 25 heavy (non-hydrogen) atoms. The SMILES string of the molecule is C[C@H](C(=O)Nc1ccccc1F)N(C)CC(=O)Nc1cccc(F)c1. The van der Waals surface area contributed by atoms with E-state index in [0.29, 0.717) is 5.69 Å². The van der Waals surface area contributed by atoms with E-state index in [1.54, 1.807) is 26.1 Å². The number of carbonyl (C=O) groups excluding carboxylic acids is 2. The van der Waals surface area contributed by atoms with Crippen LogP contribution in [0.2, 0.25) is 0 Å². The van der Waals surface area contributed by atoms with Crippen molar-refractivity contribution >= 4 is 23.2 Å². The van der Waals surface area contributed by atoms with Gasteiger partial charge in [-0.15, -0.1) is 0 Å². The second kappa shape index (κ2) is 8.34. The molecule has 0 fully saturated rings. The second-order valence-electron chi connectivity index (χ2n) is 5.62. The number of rotatable bonds is 6. The van der Waals surface area contributed by atoms with Gasteiger partial charge in [-0.05, 0) is 44.3 Å². The lowest BCUT2D eigenvalue weighted by Crippen LogP contribution is -2.43. The van der Waals surface area contributed by atoms with Gasteiger partial charge in [-0.2, -0.15) is 0 Å². The highest BCUT2D eigenvalue weighted by Crippen LogP contribution is 2.13. The standard InChI is InChI=1S/C18H19F2N3O2/c1-12(18(25)22-16-9-4-3-8-15(16)20)23(2)11-17(24)21-14-7-5-6-13(19)10-14/h3-10,12H,11H2,1-2H3,(H,21,24)(H,22,25)/t12-/m1/s1. The normalized spacial score (nSPS) is 11.9. The summed E-state index contributed by atoms with van der Waals surface area (Å²) in [7, 11) is 1.59. The minimum atomic E-state index is -0.669. The van der Waals surface area contributed by atoms with Crippen molar-refractivity contribution in [3.05, 3.63) is 60.2 Å². The quantitative estimate of drug-likeness (QED) is 0.845. The summed E-state index contributed by atoms with van der Waals surface area (Å²) in [6.45, 7) is 1.52. The van der Waals surface area contributed by atoms with Crippen LogP contribution in [0.3, 0.4) is 0 Å². The summed E-state index contributed by atoms with van der Waals surface area (Å²) >= 11 is 0. The molecule has 2 N–H and O–H groups in total. The van der Waals surface area contributed by atoms with E-state index in [4.69, 9.17) is 0 Å². The van der Waals surface area contributed by atoms with Gasteiger partial charge in [0.15, 0.2) is 0 Å². The third-order valence-electron chi connectivity index (χ3n) is 3.67. The fraction of sp³-hybridized carbons (Fsp3) is 0.222. The first kappa shape index (κ1) is 18.5. The van der Waals surface area contributed by atoms with Crippen molar-refractivity contribution in [1.82, 2.24) is 4.90 Å². The van der Waals surface area contributed by atoms with E-state index < -0.39 is 29.5 Å². The average molecular weight is 347 g/mol. The van der Waals surface area contributed by atoms with Gasteiger partial charge in [-0.3, -0.25) is 14.5 Å². The van der Waals surface area contributed by atoms with Gasteiger partial charge in [0.2, 0.25) is 11.8 Å². The Labute approximate surface area is 144 Å². The summed E-state index contributed by atoms with van der Waals surface area (Å²) in [5.74, 6) is -1.82. The van der Waals surface area contributed by atoms with E-state index in [1.807, 2.05) is 0 Å². The number of anilines is 2. The molecule has 7 heteroatoms. The lowest BCUT2D eigenvalue weighted by atomic mass is 10.2. The van der Waals surface area contributed by atoms with Crippen molar-refractivity contribution in [2.24, 2.45) is 0 Å². The van der Waals surface area contributed by atoms with Crippen LogP contribution in [0.1, 0.15) is 6.92 Å². The highest BCUT2D eigenvalue weighted by molar-refractivity contribution is 5.96. The van der Waals surface area contributed by atoms with Crippen molar-refractivity contribution in [3.63, 3.8) is 0 Å². The van der Waals surface area contributed by atoms with Crippen molar-refractivity contribution in [2.75, 3.05) is 24.2 Å². The first-order chi connectivity index (χ1) is 11.9. The Hall–Kier alpha value is -2.80. The molecule has 132 valence electrons. The molecule has 2 amide bonds. The molecule has 0 unspecified atom stereocenters. The topological polar surface area (TPSA) is 61.4 Å². The van der Waals surface area contributed by atoms with Gasteiger partial charge in [-0.1, -0.05) is 18.2 Å². The molecule has 2 aromatic carbocycles. The predicted octanol–water partition coefficient (Wildman–Crippen LogP) is 2.86. The number of likely N-dealkylation sites (N-methyl/N-ethyl adjacent to an activating group) is 1. The molecule has 0 aliphatic carbocycles. The second-order valence-corrected chi connectivity index (χ2v) is 5.62. The molecule has 0 spiro atoms. The molecular weight excluding hydrogens is 328 g/mol. The lowest BCUT2D eigenvalue weighted by molar-refractivity contribution is -0.122. The summed E-state index contributed by atoms with van der Waals surface area (Å²) in [5.41, 5.74) is 0.416. The Morgan fingerprint density at radius 2 is 1.80 bits per heavy atom. The van der Waals surface area contributed by atoms with Gasteiger partial charge >= 0.3 is 0 Å². The Bertz CT molecular complexity index is 767. The van der Waals surface area contributed by atoms with Gasteiger partial charge in [0, 0.05) is 5.69 Å². The number of halogens is 2. The number of nitrogens with one attached hydrogen (secondary N) is 2. The molecular formula is C18H19F2N3O2. The van der Waals surface area contributed by atoms with Crippen LogP contribution in [-0.2, 0) is 9.59 Å². The van der Waals surface area contributed by atoms with Crippen molar-refractivity contribution in [1.29, 1.82) is 0 Å².